The number of aryl methyl sites for hydroxylation is 1. The number of aliphatic carboxylic acids is 3. The molecule has 2 N–H and O–H groups in total. The summed E-state index contributed by atoms with van der Waals surface area (Å²) < 4.78 is 0. The Balaban J connectivity index is 0.00000736. The molecule has 0 spiro atoms. The molecule has 14 heteroatoms. The van der Waals surface area contributed by atoms with Crippen molar-refractivity contribution in [2.45, 2.75) is 32.2 Å². The molecule has 1 atom stereocenters. The molecule has 1 aliphatic heterocycles. The number of nitrogens with one attached hydrogen (secondary N) is 1. The quantitative estimate of drug-likeness (QED) is 0.217. The van der Waals surface area contributed by atoms with Gasteiger partial charge in [-0.2, -0.15) is 0 Å². The molecule has 0 saturated carbocycles. The number of aromatic hydroxyl groups is 1. The monoisotopic (exact) mass is 765 g/mol. The zero-order valence-electron chi connectivity index (χ0n) is 26.3. The van der Waals surface area contributed by atoms with E-state index >= 15 is 0 Å². The van der Waals surface area contributed by atoms with Crippen LogP contribution in [0.4, 0.5) is 5.69 Å². The molecule has 0 aliphatic carbocycles. The van der Waals surface area contributed by atoms with Crippen molar-refractivity contribution in [1.29, 1.82) is 0 Å². The van der Waals surface area contributed by atoms with E-state index in [1.165, 1.54) is 0 Å². The maximum Gasteiger partial charge on any atom is 3.00 e. The minimum atomic E-state index is -1.30. The first-order valence-corrected chi connectivity index (χ1v) is 15.2. The minimum Gasteiger partial charge on any atom is -0.549 e. The van der Waals surface area contributed by atoms with Crippen LogP contribution in [-0.2, 0) is 32.0 Å². The van der Waals surface area contributed by atoms with Gasteiger partial charge in [0.2, 0.25) is 5.91 Å². The number of phenolic OH excluding ortho intramolecular Hbond substituents is 1. The Kier molecular flexibility index (Phi) is 17.6. The third kappa shape index (κ3) is 14.8. The fraction of sp³-hybridized carbons (Fsp3) is 0.500. The number of rotatable bonds is 13. The summed E-state index contributed by atoms with van der Waals surface area (Å²) in [5, 5.41) is 47.1. The first kappa shape index (κ1) is 39.5. The van der Waals surface area contributed by atoms with Gasteiger partial charge in [0.15, 0.2) is 0 Å². The van der Waals surface area contributed by atoms with E-state index in [0.717, 1.165) is 11.1 Å². The van der Waals surface area contributed by atoms with Crippen LogP contribution in [0.5, 0.6) is 5.75 Å². The average Bonchev–Trinajstić information content (AvgIpc) is 2.98. The van der Waals surface area contributed by atoms with E-state index in [4.69, 9.17) is 0 Å². The summed E-state index contributed by atoms with van der Waals surface area (Å²) in [5.41, 5.74) is 2.36. The van der Waals surface area contributed by atoms with Crippen LogP contribution < -0.4 is 20.6 Å². The molecule has 13 nitrogen and oxygen atoms in total. The van der Waals surface area contributed by atoms with Gasteiger partial charge in [-0.3, -0.25) is 19.5 Å². The van der Waals surface area contributed by atoms with Crippen LogP contribution in [0, 0.1) is 41.3 Å². The maximum absolute atomic E-state index is 12.5. The number of phenols is 1. The summed E-state index contributed by atoms with van der Waals surface area (Å²) in [7, 11) is 0. The Bertz CT molecular complexity index is 1260. The van der Waals surface area contributed by atoms with E-state index < -0.39 is 30.5 Å². The number of hydrogen-bond donors (Lipinski definition) is 2. The third-order valence-electron chi connectivity index (χ3n) is 7.92. The van der Waals surface area contributed by atoms with E-state index in [0.29, 0.717) is 51.3 Å². The molecule has 1 amide bonds. The van der Waals surface area contributed by atoms with Gasteiger partial charge in [-0.15, -0.1) is 0 Å². The number of carbonyl (C=O) groups excluding carboxylic acids is 4. The minimum absolute atomic E-state index is 0. The molecule has 0 aromatic heterocycles. The average molecular weight is 766 g/mol. The Morgan fingerprint density at radius 2 is 1.26 bits per heavy atom. The molecular weight excluding hydrogens is 723 g/mol. The van der Waals surface area contributed by atoms with Crippen LogP contribution in [0.25, 0.3) is 0 Å². The smallest absolute Gasteiger partial charge is 0.549 e. The molecule has 3 rings (SSSR count). The van der Waals surface area contributed by atoms with Gasteiger partial charge in [0, 0.05) is 83.6 Å². The standard InChI is InChI=1S/C32H45N5O8.Pr/c1-2-34-13-15-35(21-30(40)41)17-18-37(23-32(44)45)27(20-36(16-14-34)22-31(42)43)19-25-3-8-26(9-4-25)33-29(39)12-7-24-5-10-28(38)11-6-24;/h3-6,8-11,27,38H,2,7,12-23H2,1H3,(H,33,39)(H,40,41)(H,42,43)(H,44,45);/q;+3/p-3. The van der Waals surface area contributed by atoms with Crippen molar-refractivity contribution < 1.29 is 80.9 Å². The Morgan fingerprint density at radius 3 is 1.85 bits per heavy atom. The second-order valence-electron chi connectivity index (χ2n) is 11.3. The fourth-order valence-corrected chi connectivity index (χ4v) is 5.44. The van der Waals surface area contributed by atoms with Crippen molar-refractivity contribution in [3.8, 4) is 5.75 Å². The molecule has 0 radical (unpaired) electrons. The number of likely N-dealkylation sites (N-methyl/N-ethyl adjacent to an activating group) is 1. The predicted octanol–water partition coefficient (Wildman–Crippen LogP) is -2.63. The van der Waals surface area contributed by atoms with Gasteiger partial charge in [-0.1, -0.05) is 31.2 Å². The molecule has 2 aromatic carbocycles. The zero-order valence-corrected chi connectivity index (χ0v) is 30.0. The van der Waals surface area contributed by atoms with Gasteiger partial charge in [-0.25, -0.2) is 0 Å². The summed E-state index contributed by atoms with van der Waals surface area (Å²) in [6.45, 7) is 4.28. The molecule has 0 bridgehead atoms. The summed E-state index contributed by atoms with van der Waals surface area (Å²) in [4.78, 5) is 54.6. The van der Waals surface area contributed by atoms with Crippen LogP contribution in [0.15, 0.2) is 48.5 Å². The van der Waals surface area contributed by atoms with Crippen molar-refractivity contribution >= 4 is 29.5 Å². The number of hydrogen-bond acceptors (Lipinski definition) is 12. The first-order chi connectivity index (χ1) is 21.5. The van der Waals surface area contributed by atoms with Crippen molar-refractivity contribution in [2.75, 3.05) is 77.3 Å². The van der Waals surface area contributed by atoms with Crippen LogP contribution in [0.3, 0.4) is 0 Å². The van der Waals surface area contributed by atoms with Crippen molar-refractivity contribution in [1.82, 2.24) is 19.6 Å². The van der Waals surface area contributed by atoms with Gasteiger partial charge < -0.3 is 45.0 Å². The Morgan fingerprint density at radius 1 is 0.739 bits per heavy atom. The van der Waals surface area contributed by atoms with Crippen LogP contribution in [0.1, 0.15) is 24.5 Å². The third-order valence-corrected chi connectivity index (χ3v) is 7.92. The second-order valence-corrected chi connectivity index (χ2v) is 11.3. The largest absolute Gasteiger partial charge is 3.00 e. The normalized spacial score (nSPS) is 17.6. The molecule has 246 valence electrons. The molecule has 1 heterocycles. The number of carboxylic acids is 3. The van der Waals surface area contributed by atoms with Gasteiger partial charge in [0.25, 0.3) is 0 Å². The van der Waals surface area contributed by atoms with Crippen molar-refractivity contribution in [3.05, 3.63) is 59.7 Å². The summed E-state index contributed by atoms with van der Waals surface area (Å²) in [6, 6.07) is 13.4. The topological polar surface area (TPSA) is 183 Å². The number of nitrogens with zero attached hydrogens (tertiary/aromatic N) is 4. The molecule has 1 unspecified atom stereocenters. The molecule has 1 fully saturated rings. The Labute approximate surface area is 303 Å². The summed E-state index contributed by atoms with van der Waals surface area (Å²) in [5.74, 6) is -3.76. The predicted molar refractivity (Wildman–Crippen MR) is 161 cm³/mol. The van der Waals surface area contributed by atoms with Crippen molar-refractivity contribution in [3.63, 3.8) is 0 Å². The number of carboxylic acid groups (broad SMARTS) is 3. The van der Waals surface area contributed by atoms with E-state index in [1.54, 1.807) is 51.1 Å². The number of anilines is 1. The number of benzene rings is 2. The molecular formula is C32H42N5O8Pr. The first-order valence-electron chi connectivity index (χ1n) is 15.2. The van der Waals surface area contributed by atoms with Crippen LogP contribution in [0.2, 0.25) is 0 Å². The number of carbonyl (C=O) groups is 4. The van der Waals surface area contributed by atoms with Crippen LogP contribution >= 0.6 is 0 Å². The van der Waals surface area contributed by atoms with Gasteiger partial charge in [0.1, 0.15) is 5.75 Å². The van der Waals surface area contributed by atoms with Crippen LogP contribution in [-0.4, -0.2) is 127 Å². The van der Waals surface area contributed by atoms with Gasteiger partial charge in [0.05, 0.1) is 17.9 Å². The number of amides is 1. The SMILES string of the molecule is CCN1CCN(CC(=O)[O-])CCN(CC(=O)[O-])C(Cc2ccc(NC(=O)CCc3ccc(O)cc3)cc2)CN(CC(=O)[O-])CC1.[Pr+3]. The molecule has 2 aromatic rings. The molecule has 1 saturated heterocycles. The molecule has 46 heavy (non-hydrogen) atoms. The van der Waals surface area contributed by atoms with Gasteiger partial charge in [-0.05, 0) is 54.8 Å². The molecule has 1 aliphatic rings. The fourth-order valence-electron chi connectivity index (χ4n) is 5.44. The second kappa shape index (κ2) is 20.5. The summed E-state index contributed by atoms with van der Waals surface area (Å²) in [6.07, 6.45) is 1.13. The van der Waals surface area contributed by atoms with Gasteiger partial charge >= 0.3 is 41.3 Å². The van der Waals surface area contributed by atoms with E-state index in [-0.39, 0.29) is 92.1 Å². The van der Waals surface area contributed by atoms with E-state index in [1.807, 2.05) is 19.1 Å². The van der Waals surface area contributed by atoms with E-state index in [9.17, 15) is 39.6 Å². The van der Waals surface area contributed by atoms with Crippen molar-refractivity contribution in [2.24, 2.45) is 0 Å². The zero-order chi connectivity index (χ0) is 32.8. The summed E-state index contributed by atoms with van der Waals surface area (Å²) >= 11 is 0. The van der Waals surface area contributed by atoms with E-state index in [2.05, 4.69) is 10.2 Å². The Hall–Kier alpha value is -2.68. The maximum atomic E-state index is 12.5.